The number of methoxy groups -OCH3 is 2. The van der Waals surface area contributed by atoms with Gasteiger partial charge in [-0.05, 0) is 32.1 Å². The highest BCUT2D eigenvalue weighted by Gasteiger charge is 2.16. The molecule has 0 heterocycles. The average molecular weight is 468 g/mol. The van der Waals surface area contributed by atoms with E-state index >= 15 is 0 Å². The Kier molecular flexibility index (Phi) is 21.1. The molecule has 0 spiro atoms. The van der Waals surface area contributed by atoms with Crippen LogP contribution in [-0.2, 0) is 23.7 Å². The molecule has 2 unspecified atom stereocenters. The van der Waals surface area contributed by atoms with Crippen molar-refractivity contribution in [2.45, 2.75) is 75.7 Å². The lowest BCUT2D eigenvalue weighted by atomic mass is 10.2. The van der Waals surface area contributed by atoms with Gasteiger partial charge in [0.25, 0.3) is 0 Å². The number of carbonyl (C=O) groups excluding carboxylic acids is 2. The Labute approximate surface area is 190 Å². The lowest BCUT2D eigenvalue weighted by molar-refractivity contribution is -0.144. The first kappa shape index (κ1) is 29.4. The first-order valence-corrected chi connectivity index (χ1v) is 13.2. The molecule has 0 aliphatic rings. The van der Waals surface area contributed by atoms with E-state index < -0.39 is 6.09 Å². The quantitative estimate of drug-likeness (QED) is 0.155. The molecule has 0 aliphatic heterocycles. The van der Waals surface area contributed by atoms with E-state index in [2.05, 4.69) is 19.2 Å². The molecule has 0 aliphatic carbocycles. The van der Waals surface area contributed by atoms with Crippen LogP contribution in [0.1, 0.15) is 65.2 Å². The van der Waals surface area contributed by atoms with Crippen molar-refractivity contribution in [3.8, 4) is 0 Å². The Hall–Kier alpha value is -0.640. The predicted octanol–water partition coefficient (Wildman–Crippen LogP) is 4.83. The highest BCUT2D eigenvalue weighted by molar-refractivity contribution is 8.77. The third kappa shape index (κ3) is 18.2. The van der Waals surface area contributed by atoms with Gasteiger partial charge in [0.15, 0.2) is 0 Å². The zero-order valence-corrected chi connectivity index (χ0v) is 20.7. The van der Waals surface area contributed by atoms with Crippen molar-refractivity contribution in [1.82, 2.24) is 5.32 Å². The largest absolute Gasteiger partial charge is 0.466 e. The topological polar surface area (TPSA) is 83.1 Å². The van der Waals surface area contributed by atoms with Gasteiger partial charge < -0.3 is 24.3 Å². The van der Waals surface area contributed by atoms with Gasteiger partial charge >= 0.3 is 12.1 Å². The maximum atomic E-state index is 11.7. The molecule has 0 bridgehead atoms. The molecule has 0 rings (SSSR count). The fourth-order valence-corrected chi connectivity index (χ4v) is 6.07. The fraction of sp³-hybridized carbons (Fsp3) is 0.905. The van der Waals surface area contributed by atoms with E-state index in [1.54, 1.807) is 14.2 Å². The number of alkyl carbamates (subject to hydrolysis) is 1. The normalized spacial score (nSPS) is 12.9. The summed E-state index contributed by atoms with van der Waals surface area (Å²) in [5.74, 6) is -0.148. The van der Waals surface area contributed by atoms with Crippen LogP contribution in [0.15, 0.2) is 0 Å². The summed E-state index contributed by atoms with van der Waals surface area (Å²) < 4.78 is 20.5. The van der Waals surface area contributed by atoms with Gasteiger partial charge in [0, 0.05) is 44.3 Å². The third-order valence-electron chi connectivity index (χ3n) is 4.23. The minimum atomic E-state index is -0.392. The van der Waals surface area contributed by atoms with E-state index in [1.807, 2.05) is 21.6 Å². The van der Waals surface area contributed by atoms with Crippen molar-refractivity contribution in [3.63, 3.8) is 0 Å². The molecular weight excluding hydrogens is 426 g/mol. The molecule has 9 heteroatoms. The summed E-state index contributed by atoms with van der Waals surface area (Å²) >= 11 is 0. The molecule has 7 nitrogen and oxygen atoms in total. The molecule has 1 N–H and O–H groups in total. The molecule has 2 atom stereocenters. The highest BCUT2D eigenvalue weighted by atomic mass is 33.1. The van der Waals surface area contributed by atoms with Crippen molar-refractivity contribution < 1.29 is 28.5 Å². The van der Waals surface area contributed by atoms with Gasteiger partial charge in [-0.2, -0.15) is 0 Å². The van der Waals surface area contributed by atoms with Gasteiger partial charge in [-0.1, -0.05) is 48.3 Å². The number of ether oxygens (including phenoxy) is 4. The van der Waals surface area contributed by atoms with Crippen molar-refractivity contribution in [2.75, 3.05) is 47.2 Å². The van der Waals surface area contributed by atoms with E-state index in [1.165, 1.54) is 0 Å². The summed E-state index contributed by atoms with van der Waals surface area (Å²) in [5.41, 5.74) is 0. The van der Waals surface area contributed by atoms with Crippen LogP contribution in [0.3, 0.4) is 0 Å². The van der Waals surface area contributed by atoms with E-state index in [-0.39, 0.29) is 5.97 Å². The third-order valence-corrected chi connectivity index (χ3v) is 7.79. The molecule has 0 saturated carbocycles. The Bertz CT molecular complexity index is 390. The van der Waals surface area contributed by atoms with Gasteiger partial charge in [0.05, 0.1) is 19.8 Å². The molecule has 0 aromatic heterocycles. The number of amides is 1. The van der Waals surface area contributed by atoms with Crippen LogP contribution in [0, 0.1) is 0 Å². The van der Waals surface area contributed by atoms with Crippen LogP contribution in [-0.4, -0.2) is 69.8 Å². The maximum absolute atomic E-state index is 11.7. The number of hydrogen-bond donors (Lipinski definition) is 1. The zero-order chi connectivity index (χ0) is 22.5. The molecule has 0 aromatic rings. The summed E-state index contributed by atoms with van der Waals surface area (Å²) in [4.78, 5) is 23.3. The van der Waals surface area contributed by atoms with Crippen LogP contribution in [0.25, 0.3) is 0 Å². The van der Waals surface area contributed by atoms with Gasteiger partial charge in [-0.25, -0.2) is 4.79 Å². The predicted molar refractivity (Wildman–Crippen MR) is 125 cm³/mol. The number of rotatable bonds is 20. The molecule has 178 valence electrons. The molecule has 30 heavy (non-hydrogen) atoms. The Morgan fingerprint density at radius 2 is 1.37 bits per heavy atom. The first-order chi connectivity index (χ1) is 14.6. The second-order valence-electron chi connectivity index (χ2n) is 6.96. The SMILES string of the molecule is CCCC(CCOC(=O)CCCOC)SSC(CCC)CCOC(=O)NCCOC. The summed E-state index contributed by atoms with van der Waals surface area (Å²) in [5, 5.41) is 3.54. The molecule has 0 fully saturated rings. The van der Waals surface area contributed by atoms with Crippen molar-refractivity contribution in [2.24, 2.45) is 0 Å². The number of nitrogens with one attached hydrogen (secondary N) is 1. The van der Waals surface area contributed by atoms with Gasteiger partial charge in [0.1, 0.15) is 0 Å². The summed E-state index contributed by atoms with van der Waals surface area (Å²) in [6.07, 6.45) is 6.77. The maximum Gasteiger partial charge on any atom is 0.407 e. The molecule has 0 radical (unpaired) electrons. The minimum Gasteiger partial charge on any atom is -0.466 e. The van der Waals surface area contributed by atoms with Crippen molar-refractivity contribution >= 4 is 33.7 Å². The minimum absolute atomic E-state index is 0.148. The van der Waals surface area contributed by atoms with Gasteiger partial charge in [-0.15, -0.1) is 0 Å². The van der Waals surface area contributed by atoms with Crippen molar-refractivity contribution in [1.29, 1.82) is 0 Å². The molecule has 0 aromatic carbocycles. The summed E-state index contributed by atoms with van der Waals surface area (Å²) in [6, 6.07) is 0. The molecule has 0 saturated heterocycles. The van der Waals surface area contributed by atoms with Crippen LogP contribution in [0.5, 0.6) is 0 Å². The lowest BCUT2D eigenvalue weighted by Crippen LogP contribution is -2.28. The Morgan fingerprint density at radius 3 is 1.90 bits per heavy atom. The Morgan fingerprint density at radius 1 is 0.800 bits per heavy atom. The van der Waals surface area contributed by atoms with E-state index in [9.17, 15) is 9.59 Å². The fourth-order valence-electron chi connectivity index (χ4n) is 2.61. The van der Waals surface area contributed by atoms with E-state index in [0.29, 0.717) is 56.3 Å². The molecular formula is C21H41NO6S2. The average Bonchev–Trinajstić information content (AvgIpc) is 2.72. The Balaban J connectivity index is 4.16. The van der Waals surface area contributed by atoms with Crippen molar-refractivity contribution in [3.05, 3.63) is 0 Å². The standard InChI is InChI=1S/C21H41NO6S2/c1-5-8-18(11-15-27-20(23)10-7-14-25-3)29-30-19(9-6-2)12-16-28-21(24)22-13-17-26-4/h18-19H,5-17H2,1-4H3,(H,22,24). The number of hydrogen-bond acceptors (Lipinski definition) is 8. The van der Waals surface area contributed by atoms with Crippen LogP contribution in [0.2, 0.25) is 0 Å². The van der Waals surface area contributed by atoms with Gasteiger partial charge in [-0.3, -0.25) is 4.79 Å². The second-order valence-corrected chi connectivity index (χ2v) is 9.84. The van der Waals surface area contributed by atoms with Crippen LogP contribution in [0.4, 0.5) is 4.79 Å². The van der Waals surface area contributed by atoms with E-state index in [0.717, 1.165) is 38.5 Å². The number of carbonyl (C=O) groups is 2. The zero-order valence-electron chi connectivity index (χ0n) is 19.1. The lowest BCUT2D eigenvalue weighted by Gasteiger charge is -2.20. The van der Waals surface area contributed by atoms with Crippen LogP contribution >= 0.6 is 21.6 Å². The van der Waals surface area contributed by atoms with Crippen LogP contribution < -0.4 is 5.32 Å². The second kappa shape index (κ2) is 21.6. The summed E-state index contributed by atoms with van der Waals surface area (Å²) in [6.45, 7) is 6.73. The first-order valence-electron chi connectivity index (χ1n) is 10.9. The highest BCUT2D eigenvalue weighted by Crippen LogP contribution is 2.38. The van der Waals surface area contributed by atoms with E-state index in [4.69, 9.17) is 18.9 Å². The summed E-state index contributed by atoms with van der Waals surface area (Å²) in [7, 11) is 6.97. The monoisotopic (exact) mass is 467 g/mol. The molecule has 1 amide bonds. The smallest absolute Gasteiger partial charge is 0.407 e. The number of esters is 1. The van der Waals surface area contributed by atoms with Gasteiger partial charge in [0.2, 0.25) is 0 Å².